The van der Waals surface area contributed by atoms with Crippen LogP contribution in [0.25, 0.3) is 0 Å². The van der Waals surface area contributed by atoms with E-state index in [4.69, 9.17) is 0 Å². The van der Waals surface area contributed by atoms with Crippen LogP contribution in [0.3, 0.4) is 0 Å². The Labute approximate surface area is 104 Å². The number of nitrogens with zero attached hydrogens (tertiary/aromatic N) is 2. The van der Waals surface area contributed by atoms with Crippen LogP contribution in [0, 0.1) is 6.92 Å². The van der Waals surface area contributed by atoms with Crippen molar-refractivity contribution >= 4 is 22.4 Å². The van der Waals surface area contributed by atoms with Crippen LogP contribution in [0.4, 0.5) is 5.13 Å². The van der Waals surface area contributed by atoms with Gasteiger partial charge in [0.15, 0.2) is 5.13 Å². The minimum atomic E-state index is -0.00355. The van der Waals surface area contributed by atoms with Crippen LogP contribution in [0.15, 0.2) is 29.9 Å². The first kappa shape index (κ1) is 11.7. The molecule has 2 heterocycles. The Morgan fingerprint density at radius 1 is 1.41 bits per heavy atom. The fourth-order valence-corrected chi connectivity index (χ4v) is 2.10. The minimum Gasteiger partial charge on any atom is -0.302 e. The van der Waals surface area contributed by atoms with Crippen molar-refractivity contribution in [1.82, 2.24) is 9.97 Å². The number of aryl methyl sites for hydroxylation is 2. The molecule has 2 aromatic heterocycles. The molecule has 17 heavy (non-hydrogen) atoms. The zero-order valence-electron chi connectivity index (χ0n) is 9.51. The minimum absolute atomic E-state index is 0.00355. The second kappa shape index (κ2) is 5.54. The molecule has 1 amide bonds. The summed E-state index contributed by atoms with van der Waals surface area (Å²) < 4.78 is 0. The van der Waals surface area contributed by atoms with Gasteiger partial charge in [0, 0.05) is 24.2 Å². The molecule has 0 aliphatic heterocycles. The van der Waals surface area contributed by atoms with Crippen molar-refractivity contribution in [1.29, 1.82) is 0 Å². The number of amides is 1. The van der Waals surface area contributed by atoms with E-state index in [2.05, 4.69) is 15.3 Å². The van der Waals surface area contributed by atoms with E-state index in [9.17, 15) is 4.79 Å². The van der Waals surface area contributed by atoms with E-state index in [0.717, 1.165) is 17.7 Å². The standard InChI is InChI=1S/C12H13N3OS/c1-9-8-17-12(14-9)15-11(16)3-2-10-4-6-13-7-5-10/h4-8H,2-3H2,1H3,(H,14,15,16). The van der Waals surface area contributed by atoms with Gasteiger partial charge in [-0.1, -0.05) is 0 Å². The second-order valence-corrected chi connectivity index (χ2v) is 4.56. The summed E-state index contributed by atoms with van der Waals surface area (Å²) in [6.07, 6.45) is 4.65. The van der Waals surface area contributed by atoms with Crippen molar-refractivity contribution in [3.63, 3.8) is 0 Å². The van der Waals surface area contributed by atoms with Gasteiger partial charge >= 0.3 is 0 Å². The maximum atomic E-state index is 11.6. The van der Waals surface area contributed by atoms with E-state index < -0.39 is 0 Å². The number of anilines is 1. The van der Waals surface area contributed by atoms with Crippen LogP contribution in [-0.2, 0) is 11.2 Å². The number of hydrogen-bond donors (Lipinski definition) is 1. The topological polar surface area (TPSA) is 54.9 Å². The molecule has 0 atom stereocenters. The number of carbonyl (C=O) groups excluding carboxylic acids is 1. The number of thiazole rings is 1. The molecule has 0 saturated heterocycles. The molecule has 4 nitrogen and oxygen atoms in total. The molecule has 0 spiro atoms. The predicted octanol–water partition coefficient (Wildman–Crippen LogP) is 2.42. The average molecular weight is 247 g/mol. The van der Waals surface area contributed by atoms with Gasteiger partial charge in [-0.05, 0) is 31.0 Å². The van der Waals surface area contributed by atoms with Gasteiger partial charge in [0.05, 0.1) is 5.69 Å². The van der Waals surface area contributed by atoms with Crippen LogP contribution >= 0.6 is 11.3 Å². The second-order valence-electron chi connectivity index (χ2n) is 3.70. The highest BCUT2D eigenvalue weighted by molar-refractivity contribution is 7.13. The highest BCUT2D eigenvalue weighted by atomic mass is 32.1. The van der Waals surface area contributed by atoms with Crippen LogP contribution in [-0.4, -0.2) is 15.9 Å². The van der Waals surface area contributed by atoms with E-state index in [-0.39, 0.29) is 5.91 Å². The molecule has 0 fully saturated rings. The lowest BCUT2D eigenvalue weighted by atomic mass is 10.1. The first-order chi connectivity index (χ1) is 8.24. The normalized spacial score (nSPS) is 10.2. The summed E-state index contributed by atoms with van der Waals surface area (Å²) in [4.78, 5) is 19.8. The van der Waals surface area contributed by atoms with Gasteiger partial charge in [-0.25, -0.2) is 4.98 Å². The third-order valence-electron chi connectivity index (χ3n) is 2.26. The summed E-state index contributed by atoms with van der Waals surface area (Å²) >= 11 is 1.45. The van der Waals surface area contributed by atoms with Crippen molar-refractivity contribution in [2.75, 3.05) is 5.32 Å². The van der Waals surface area contributed by atoms with Gasteiger partial charge < -0.3 is 5.32 Å². The lowest BCUT2D eigenvalue weighted by Crippen LogP contribution is -2.12. The Hall–Kier alpha value is -1.75. The Morgan fingerprint density at radius 3 is 2.82 bits per heavy atom. The van der Waals surface area contributed by atoms with Crippen molar-refractivity contribution in [2.45, 2.75) is 19.8 Å². The number of rotatable bonds is 4. The van der Waals surface area contributed by atoms with Crippen molar-refractivity contribution in [3.05, 3.63) is 41.2 Å². The van der Waals surface area contributed by atoms with Crippen LogP contribution in [0.2, 0.25) is 0 Å². The Kier molecular flexibility index (Phi) is 3.82. The highest BCUT2D eigenvalue weighted by Gasteiger charge is 2.05. The molecule has 0 aromatic carbocycles. The zero-order valence-corrected chi connectivity index (χ0v) is 10.3. The number of hydrogen-bond acceptors (Lipinski definition) is 4. The molecule has 0 bridgehead atoms. The summed E-state index contributed by atoms with van der Waals surface area (Å²) in [6, 6.07) is 3.83. The smallest absolute Gasteiger partial charge is 0.226 e. The molecular formula is C12H13N3OS. The van der Waals surface area contributed by atoms with E-state index in [1.165, 1.54) is 11.3 Å². The largest absolute Gasteiger partial charge is 0.302 e. The summed E-state index contributed by atoms with van der Waals surface area (Å²) in [5.41, 5.74) is 2.05. The number of nitrogens with one attached hydrogen (secondary N) is 1. The molecule has 0 saturated carbocycles. The molecule has 0 unspecified atom stereocenters. The van der Waals surface area contributed by atoms with Crippen molar-refractivity contribution in [2.24, 2.45) is 0 Å². The molecule has 2 aromatic rings. The van der Waals surface area contributed by atoms with E-state index >= 15 is 0 Å². The lowest BCUT2D eigenvalue weighted by molar-refractivity contribution is -0.116. The first-order valence-corrected chi connectivity index (χ1v) is 6.23. The summed E-state index contributed by atoms with van der Waals surface area (Å²) in [7, 11) is 0. The van der Waals surface area contributed by atoms with Gasteiger partial charge in [0.1, 0.15) is 0 Å². The van der Waals surface area contributed by atoms with Crippen molar-refractivity contribution < 1.29 is 4.79 Å². The SMILES string of the molecule is Cc1csc(NC(=O)CCc2ccncc2)n1. The average Bonchev–Trinajstić information content (AvgIpc) is 2.73. The zero-order chi connectivity index (χ0) is 12.1. The lowest BCUT2D eigenvalue weighted by Gasteiger charge is -2.01. The molecular weight excluding hydrogens is 234 g/mol. The van der Waals surface area contributed by atoms with Gasteiger partial charge in [0.2, 0.25) is 5.91 Å². The van der Waals surface area contributed by atoms with Crippen LogP contribution in [0.5, 0.6) is 0 Å². The molecule has 88 valence electrons. The molecule has 1 N–H and O–H groups in total. The molecule has 2 rings (SSSR count). The summed E-state index contributed by atoms with van der Waals surface area (Å²) in [5.74, 6) is -0.00355. The fraction of sp³-hybridized carbons (Fsp3) is 0.250. The Bertz CT molecular complexity index is 495. The number of carbonyl (C=O) groups is 1. The van der Waals surface area contributed by atoms with Gasteiger partial charge in [-0.15, -0.1) is 11.3 Å². The molecule has 5 heteroatoms. The van der Waals surface area contributed by atoms with Crippen molar-refractivity contribution in [3.8, 4) is 0 Å². The number of aromatic nitrogens is 2. The van der Waals surface area contributed by atoms with Crippen LogP contribution < -0.4 is 5.32 Å². The van der Waals surface area contributed by atoms with Gasteiger partial charge in [0.25, 0.3) is 0 Å². The first-order valence-electron chi connectivity index (χ1n) is 5.35. The number of pyridine rings is 1. The highest BCUT2D eigenvalue weighted by Crippen LogP contribution is 2.14. The third kappa shape index (κ3) is 3.64. The molecule has 0 radical (unpaired) electrons. The maximum Gasteiger partial charge on any atom is 0.226 e. The predicted molar refractivity (Wildman–Crippen MR) is 68.0 cm³/mol. The summed E-state index contributed by atoms with van der Waals surface area (Å²) in [5, 5.41) is 5.37. The van der Waals surface area contributed by atoms with Gasteiger partial charge in [-0.2, -0.15) is 0 Å². The van der Waals surface area contributed by atoms with Crippen LogP contribution in [0.1, 0.15) is 17.7 Å². The van der Waals surface area contributed by atoms with E-state index in [1.807, 2.05) is 24.4 Å². The molecule has 0 aliphatic rings. The Balaban J connectivity index is 1.82. The maximum absolute atomic E-state index is 11.6. The quantitative estimate of drug-likeness (QED) is 0.902. The monoisotopic (exact) mass is 247 g/mol. The Morgan fingerprint density at radius 2 is 2.18 bits per heavy atom. The molecule has 0 aliphatic carbocycles. The summed E-state index contributed by atoms with van der Waals surface area (Å²) in [6.45, 7) is 1.91. The fourth-order valence-electron chi connectivity index (χ4n) is 1.40. The van der Waals surface area contributed by atoms with Gasteiger partial charge in [-0.3, -0.25) is 9.78 Å². The third-order valence-corrected chi connectivity index (χ3v) is 3.13. The van der Waals surface area contributed by atoms with E-state index in [0.29, 0.717) is 11.6 Å². The van der Waals surface area contributed by atoms with E-state index in [1.54, 1.807) is 12.4 Å².